The molecule has 1 saturated heterocycles. The molecule has 1 aromatic rings. The Balaban J connectivity index is 1.99. The number of carbonyl (C=O) groups excluding carboxylic acids is 2. The second-order valence-corrected chi connectivity index (χ2v) is 8.75. The third-order valence-corrected chi connectivity index (χ3v) is 6.93. The van der Waals surface area contributed by atoms with Crippen molar-refractivity contribution in [3.05, 3.63) is 35.9 Å². The van der Waals surface area contributed by atoms with Crippen molar-refractivity contribution in [3.8, 4) is 0 Å². The second-order valence-electron chi connectivity index (χ2n) is 6.71. The minimum atomic E-state index is -3.48. The number of esters is 1. The van der Waals surface area contributed by atoms with Crippen LogP contribution in [0.1, 0.15) is 30.9 Å². The van der Waals surface area contributed by atoms with Crippen molar-refractivity contribution in [3.63, 3.8) is 0 Å². The van der Waals surface area contributed by atoms with Crippen molar-refractivity contribution < 1.29 is 22.7 Å². The first-order chi connectivity index (χ1) is 11.8. The smallest absolute Gasteiger partial charge is 0.316 e. The summed E-state index contributed by atoms with van der Waals surface area (Å²) in [5.74, 6) is -0.803. The van der Waals surface area contributed by atoms with Crippen molar-refractivity contribution >= 4 is 21.9 Å². The van der Waals surface area contributed by atoms with Crippen LogP contribution in [0.2, 0.25) is 0 Å². The van der Waals surface area contributed by atoms with Crippen LogP contribution in [0.25, 0.3) is 0 Å². The fourth-order valence-electron chi connectivity index (χ4n) is 3.53. The molecule has 0 unspecified atom stereocenters. The lowest BCUT2D eigenvalue weighted by Crippen LogP contribution is -2.47. The highest BCUT2D eigenvalue weighted by Crippen LogP contribution is 2.48. The highest BCUT2D eigenvalue weighted by atomic mass is 32.2. The Morgan fingerprint density at radius 3 is 2.52 bits per heavy atom. The molecule has 2 atom stereocenters. The topological polar surface area (TPSA) is 92.8 Å². The fourth-order valence-corrected chi connectivity index (χ4v) is 4.98. The monoisotopic (exact) mass is 366 g/mol. The van der Waals surface area contributed by atoms with Crippen LogP contribution in [0, 0.1) is 5.41 Å². The van der Waals surface area contributed by atoms with E-state index in [4.69, 9.17) is 4.74 Å². The highest BCUT2D eigenvalue weighted by molar-refractivity contribution is 7.90. The van der Waals surface area contributed by atoms with E-state index in [-0.39, 0.29) is 18.9 Å². The van der Waals surface area contributed by atoms with Gasteiger partial charge in [0.25, 0.3) is 0 Å². The molecule has 1 saturated carbocycles. The van der Waals surface area contributed by atoms with Gasteiger partial charge in [0.15, 0.2) is 0 Å². The largest absolute Gasteiger partial charge is 0.468 e. The van der Waals surface area contributed by atoms with Crippen molar-refractivity contribution in [1.29, 1.82) is 0 Å². The second kappa shape index (κ2) is 6.42. The zero-order valence-electron chi connectivity index (χ0n) is 14.3. The Bertz CT molecular complexity index is 775. The van der Waals surface area contributed by atoms with E-state index in [2.05, 4.69) is 4.72 Å². The molecule has 1 aromatic carbocycles. The van der Waals surface area contributed by atoms with Crippen LogP contribution in [0.3, 0.4) is 0 Å². The summed E-state index contributed by atoms with van der Waals surface area (Å²) in [6.45, 7) is -0.159. The van der Waals surface area contributed by atoms with Crippen LogP contribution in [-0.2, 0) is 24.3 Å². The first-order valence-corrected chi connectivity index (χ1v) is 9.74. The van der Waals surface area contributed by atoms with Gasteiger partial charge >= 0.3 is 5.97 Å². The van der Waals surface area contributed by atoms with Gasteiger partial charge in [-0.15, -0.1) is 0 Å². The molecule has 7 nitrogen and oxygen atoms in total. The summed E-state index contributed by atoms with van der Waals surface area (Å²) in [4.78, 5) is 26.6. The van der Waals surface area contributed by atoms with Crippen LogP contribution in [0.15, 0.2) is 30.3 Å². The summed E-state index contributed by atoms with van der Waals surface area (Å²) < 4.78 is 32.0. The van der Waals surface area contributed by atoms with E-state index in [0.717, 1.165) is 5.56 Å². The molecule has 0 aromatic heterocycles. The number of ether oxygens (including phenoxy) is 1. The number of likely N-dealkylation sites (tertiary alicyclic amines) is 1. The Morgan fingerprint density at radius 1 is 1.32 bits per heavy atom. The lowest BCUT2D eigenvalue weighted by Gasteiger charge is -2.34. The highest BCUT2D eigenvalue weighted by Gasteiger charge is 2.57. The van der Waals surface area contributed by atoms with Gasteiger partial charge in [0.05, 0.1) is 18.4 Å². The normalized spacial score (nSPS) is 26.7. The van der Waals surface area contributed by atoms with Gasteiger partial charge in [-0.25, -0.2) is 13.1 Å². The number of nitrogens with zero attached hydrogens (tertiary/aromatic N) is 1. The molecule has 136 valence electrons. The Hall–Kier alpha value is -1.93. The van der Waals surface area contributed by atoms with Crippen LogP contribution in [0.5, 0.6) is 0 Å². The Labute approximate surface area is 147 Å². The van der Waals surface area contributed by atoms with E-state index >= 15 is 0 Å². The summed E-state index contributed by atoms with van der Waals surface area (Å²) in [5.41, 5.74) is -0.518. The first-order valence-electron chi connectivity index (χ1n) is 8.19. The molecule has 1 N–H and O–H groups in total. The third-order valence-electron chi connectivity index (χ3n) is 5.03. The number of hydrogen-bond acceptors (Lipinski definition) is 5. The molecule has 1 aliphatic heterocycles. The molecule has 0 bridgehead atoms. The average Bonchev–Trinajstić information content (AvgIpc) is 3.42. The SMILES string of the molecule is COC(=O)[C@]1(CNS(=O)(=O)C2CC2)CC(=O)N(C)[C@@H]1c1ccccc1. The van der Waals surface area contributed by atoms with Crippen molar-refractivity contribution in [2.45, 2.75) is 30.6 Å². The van der Waals surface area contributed by atoms with Crippen LogP contribution in [0.4, 0.5) is 0 Å². The summed E-state index contributed by atoms with van der Waals surface area (Å²) >= 11 is 0. The van der Waals surface area contributed by atoms with Crippen molar-refractivity contribution in [1.82, 2.24) is 9.62 Å². The number of amides is 1. The van der Waals surface area contributed by atoms with Gasteiger partial charge in [-0.3, -0.25) is 9.59 Å². The van der Waals surface area contributed by atoms with Crippen LogP contribution < -0.4 is 4.72 Å². The van der Waals surface area contributed by atoms with Gasteiger partial charge in [-0.05, 0) is 18.4 Å². The zero-order valence-corrected chi connectivity index (χ0v) is 15.1. The number of rotatable bonds is 6. The zero-order chi connectivity index (χ0) is 18.2. The molecule has 2 fully saturated rings. The number of benzene rings is 1. The van der Waals surface area contributed by atoms with Gasteiger partial charge in [0, 0.05) is 20.0 Å². The Kier molecular flexibility index (Phi) is 4.59. The maximum Gasteiger partial charge on any atom is 0.316 e. The van der Waals surface area contributed by atoms with E-state index < -0.39 is 32.7 Å². The molecule has 2 aliphatic rings. The summed E-state index contributed by atoms with van der Waals surface area (Å²) in [7, 11) is -0.603. The molecule has 0 radical (unpaired) electrons. The minimum absolute atomic E-state index is 0.0943. The Morgan fingerprint density at radius 2 is 1.96 bits per heavy atom. The molecule has 1 aliphatic carbocycles. The summed E-state index contributed by atoms with van der Waals surface area (Å²) in [6, 6.07) is 8.55. The van der Waals surface area contributed by atoms with Crippen LogP contribution in [-0.4, -0.2) is 51.1 Å². The summed E-state index contributed by atoms with van der Waals surface area (Å²) in [6.07, 6.45) is 1.16. The maximum atomic E-state index is 12.7. The summed E-state index contributed by atoms with van der Waals surface area (Å²) in [5, 5.41) is -0.396. The quantitative estimate of drug-likeness (QED) is 0.753. The predicted molar refractivity (Wildman–Crippen MR) is 91.0 cm³/mol. The molecule has 1 amide bonds. The van der Waals surface area contributed by atoms with Crippen molar-refractivity contribution in [2.24, 2.45) is 5.41 Å². The standard InChI is InChI=1S/C17H22N2O5S/c1-19-14(20)10-17(16(21)24-2,11-18-25(22,23)13-8-9-13)15(19)12-6-4-3-5-7-12/h3-7,13,15,18H,8-11H2,1-2H3/t15-,17+/m1/s1. The molecule has 3 rings (SSSR count). The first kappa shape index (κ1) is 17.9. The number of sulfonamides is 1. The number of nitrogens with one attached hydrogen (secondary N) is 1. The van der Waals surface area contributed by atoms with E-state index in [1.807, 2.05) is 30.3 Å². The lowest BCUT2D eigenvalue weighted by molar-refractivity contribution is -0.154. The third kappa shape index (κ3) is 3.16. The predicted octanol–water partition coefficient (Wildman–Crippen LogP) is 0.831. The molecule has 1 heterocycles. The van der Waals surface area contributed by atoms with Gasteiger partial charge in [0.1, 0.15) is 5.41 Å². The number of hydrogen-bond donors (Lipinski definition) is 1. The van der Waals surface area contributed by atoms with Gasteiger partial charge < -0.3 is 9.64 Å². The van der Waals surface area contributed by atoms with E-state index in [1.165, 1.54) is 12.0 Å². The molecule has 25 heavy (non-hydrogen) atoms. The molecule has 8 heteroatoms. The minimum Gasteiger partial charge on any atom is -0.468 e. The molecule has 0 spiro atoms. The molecular formula is C17H22N2O5S. The van der Waals surface area contributed by atoms with Gasteiger partial charge in [-0.2, -0.15) is 0 Å². The van der Waals surface area contributed by atoms with E-state index in [1.54, 1.807) is 7.05 Å². The number of carbonyl (C=O) groups is 2. The lowest BCUT2D eigenvalue weighted by atomic mass is 9.77. The van der Waals surface area contributed by atoms with Gasteiger partial charge in [-0.1, -0.05) is 30.3 Å². The van der Waals surface area contributed by atoms with E-state index in [9.17, 15) is 18.0 Å². The number of methoxy groups -OCH3 is 1. The van der Waals surface area contributed by atoms with Gasteiger partial charge in [0.2, 0.25) is 15.9 Å². The van der Waals surface area contributed by atoms with Crippen LogP contribution >= 0.6 is 0 Å². The fraction of sp³-hybridized carbons (Fsp3) is 0.529. The average molecular weight is 366 g/mol. The van der Waals surface area contributed by atoms with Crippen molar-refractivity contribution in [2.75, 3.05) is 20.7 Å². The maximum absolute atomic E-state index is 12.7. The van der Waals surface area contributed by atoms with E-state index in [0.29, 0.717) is 12.8 Å². The molecular weight excluding hydrogens is 344 g/mol.